The summed E-state index contributed by atoms with van der Waals surface area (Å²) in [4.78, 5) is 0. The minimum atomic E-state index is 0.442. The van der Waals surface area contributed by atoms with E-state index in [2.05, 4.69) is 18.0 Å². The zero-order valence-corrected chi connectivity index (χ0v) is 9.32. The number of nitriles is 1. The average molecular weight is 212 g/mol. The van der Waals surface area contributed by atoms with Crippen molar-refractivity contribution in [2.45, 2.75) is 18.9 Å². The van der Waals surface area contributed by atoms with Gasteiger partial charge in [0.25, 0.3) is 0 Å². The standard InChI is InChI=1S/C14H16N2/c1-2-3-12-8-14(16-10-12)13-6-4-11(9-15)5-7-13/h2,4-7,12,14,16H,1,3,8,10H2/t12-,14+/m1/s1. The molecule has 0 saturated carbocycles. The summed E-state index contributed by atoms with van der Waals surface area (Å²) in [6.45, 7) is 4.85. The molecule has 0 radical (unpaired) electrons. The second-order valence-electron chi connectivity index (χ2n) is 4.32. The third-order valence-electron chi connectivity index (χ3n) is 3.16. The van der Waals surface area contributed by atoms with Gasteiger partial charge in [-0.1, -0.05) is 18.2 Å². The Balaban J connectivity index is 2.03. The first-order valence-corrected chi connectivity index (χ1v) is 5.68. The quantitative estimate of drug-likeness (QED) is 0.782. The minimum absolute atomic E-state index is 0.442. The minimum Gasteiger partial charge on any atom is -0.310 e. The second-order valence-corrected chi connectivity index (χ2v) is 4.32. The molecule has 82 valence electrons. The number of allylic oxidation sites excluding steroid dienone is 1. The summed E-state index contributed by atoms with van der Waals surface area (Å²) in [5.41, 5.74) is 2.01. The van der Waals surface area contributed by atoms with Crippen molar-refractivity contribution in [3.05, 3.63) is 48.0 Å². The Kier molecular flexibility index (Phi) is 3.38. The predicted molar refractivity (Wildman–Crippen MR) is 64.8 cm³/mol. The first-order chi connectivity index (χ1) is 7.83. The van der Waals surface area contributed by atoms with Gasteiger partial charge >= 0.3 is 0 Å². The average Bonchev–Trinajstić information content (AvgIpc) is 2.78. The lowest BCUT2D eigenvalue weighted by Crippen LogP contribution is -2.13. The van der Waals surface area contributed by atoms with Crippen molar-refractivity contribution >= 4 is 0 Å². The number of nitrogens with one attached hydrogen (secondary N) is 1. The summed E-state index contributed by atoms with van der Waals surface area (Å²) in [5.74, 6) is 0.707. The molecule has 1 saturated heterocycles. The first kappa shape index (κ1) is 10.9. The molecule has 1 aliphatic rings. The molecule has 2 heteroatoms. The Morgan fingerprint density at radius 1 is 1.44 bits per heavy atom. The van der Waals surface area contributed by atoms with E-state index in [1.807, 2.05) is 30.3 Å². The molecule has 1 N–H and O–H groups in total. The van der Waals surface area contributed by atoms with Gasteiger partial charge in [0.05, 0.1) is 11.6 Å². The number of hydrogen-bond donors (Lipinski definition) is 1. The zero-order chi connectivity index (χ0) is 11.4. The van der Waals surface area contributed by atoms with Crippen LogP contribution in [0.1, 0.15) is 30.0 Å². The largest absolute Gasteiger partial charge is 0.310 e. The van der Waals surface area contributed by atoms with Gasteiger partial charge < -0.3 is 5.32 Å². The molecule has 0 aliphatic carbocycles. The van der Waals surface area contributed by atoms with Crippen molar-refractivity contribution in [2.75, 3.05) is 6.54 Å². The fraction of sp³-hybridized carbons (Fsp3) is 0.357. The molecule has 0 bridgehead atoms. The van der Waals surface area contributed by atoms with Crippen LogP contribution in [-0.2, 0) is 0 Å². The van der Waals surface area contributed by atoms with E-state index >= 15 is 0 Å². The van der Waals surface area contributed by atoms with Gasteiger partial charge in [-0.3, -0.25) is 0 Å². The number of benzene rings is 1. The van der Waals surface area contributed by atoms with E-state index in [-0.39, 0.29) is 0 Å². The molecule has 1 aliphatic heterocycles. The Bertz CT molecular complexity index is 400. The molecule has 1 heterocycles. The Morgan fingerprint density at radius 2 is 2.19 bits per heavy atom. The van der Waals surface area contributed by atoms with Gasteiger partial charge in [-0.15, -0.1) is 6.58 Å². The van der Waals surface area contributed by atoms with Gasteiger partial charge in [0.15, 0.2) is 0 Å². The highest BCUT2D eigenvalue weighted by molar-refractivity contribution is 5.33. The van der Waals surface area contributed by atoms with Gasteiger partial charge in [0, 0.05) is 6.04 Å². The highest BCUT2D eigenvalue weighted by Gasteiger charge is 2.23. The van der Waals surface area contributed by atoms with Crippen LogP contribution in [0.3, 0.4) is 0 Å². The van der Waals surface area contributed by atoms with Crippen LogP contribution in [0, 0.1) is 17.2 Å². The lowest BCUT2D eigenvalue weighted by atomic mass is 9.97. The van der Waals surface area contributed by atoms with Crippen molar-refractivity contribution in [1.82, 2.24) is 5.32 Å². The monoisotopic (exact) mass is 212 g/mol. The SMILES string of the molecule is C=CC[C@H]1CN[C@H](c2ccc(C#N)cc2)C1. The second kappa shape index (κ2) is 4.96. The van der Waals surface area contributed by atoms with E-state index in [0.29, 0.717) is 12.0 Å². The summed E-state index contributed by atoms with van der Waals surface area (Å²) in [7, 11) is 0. The lowest BCUT2D eigenvalue weighted by molar-refractivity contribution is 0.572. The van der Waals surface area contributed by atoms with E-state index in [0.717, 1.165) is 24.9 Å². The molecule has 2 atom stereocenters. The van der Waals surface area contributed by atoms with Crippen LogP contribution in [0.2, 0.25) is 0 Å². The van der Waals surface area contributed by atoms with Crippen molar-refractivity contribution < 1.29 is 0 Å². The van der Waals surface area contributed by atoms with Gasteiger partial charge in [-0.05, 0) is 43.0 Å². The maximum atomic E-state index is 8.73. The van der Waals surface area contributed by atoms with Crippen molar-refractivity contribution in [2.24, 2.45) is 5.92 Å². The first-order valence-electron chi connectivity index (χ1n) is 5.68. The molecule has 0 unspecified atom stereocenters. The maximum absolute atomic E-state index is 8.73. The van der Waals surface area contributed by atoms with Crippen molar-refractivity contribution in [3.8, 4) is 6.07 Å². The van der Waals surface area contributed by atoms with Crippen LogP contribution >= 0.6 is 0 Å². The summed E-state index contributed by atoms with van der Waals surface area (Å²) >= 11 is 0. The van der Waals surface area contributed by atoms with Gasteiger partial charge in [-0.25, -0.2) is 0 Å². The van der Waals surface area contributed by atoms with Gasteiger partial charge in [0.2, 0.25) is 0 Å². The molecular formula is C14H16N2. The fourth-order valence-corrected chi connectivity index (χ4v) is 2.27. The molecule has 16 heavy (non-hydrogen) atoms. The number of nitrogens with zero attached hydrogens (tertiary/aromatic N) is 1. The Morgan fingerprint density at radius 3 is 2.81 bits per heavy atom. The van der Waals surface area contributed by atoms with E-state index in [4.69, 9.17) is 5.26 Å². The molecule has 2 rings (SSSR count). The van der Waals surface area contributed by atoms with Crippen LogP contribution in [0.5, 0.6) is 0 Å². The molecule has 1 aromatic carbocycles. The topological polar surface area (TPSA) is 35.8 Å². The van der Waals surface area contributed by atoms with Gasteiger partial charge in [0.1, 0.15) is 0 Å². The summed E-state index contributed by atoms with van der Waals surface area (Å²) < 4.78 is 0. The number of hydrogen-bond acceptors (Lipinski definition) is 2. The Labute approximate surface area is 96.6 Å². The summed E-state index contributed by atoms with van der Waals surface area (Å²) in [6.07, 6.45) is 4.24. The van der Waals surface area contributed by atoms with Crippen LogP contribution in [0.15, 0.2) is 36.9 Å². The molecule has 0 aromatic heterocycles. The molecule has 1 fully saturated rings. The highest BCUT2D eigenvalue weighted by atomic mass is 14.9. The molecule has 0 spiro atoms. The van der Waals surface area contributed by atoms with E-state index in [1.165, 1.54) is 5.56 Å². The van der Waals surface area contributed by atoms with Crippen LogP contribution in [0.4, 0.5) is 0 Å². The zero-order valence-electron chi connectivity index (χ0n) is 9.32. The van der Waals surface area contributed by atoms with E-state index in [1.54, 1.807) is 0 Å². The van der Waals surface area contributed by atoms with Crippen LogP contribution in [0.25, 0.3) is 0 Å². The molecule has 0 amide bonds. The smallest absolute Gasteiger partial charge is 0.0991 e. The van der Waals surface area contributed by atoms with Gasteiger partial charge in [-0.2, -0.15) is 5.26 Å². The predicted octanol–water partition coefficient (Wildman–Crippen LogP) is 2.78. The van der Waals surface area contributed by atoms with Crippen molar-refractivity contribution in [3.63, 3.8) is 0 Å². The van der Waals surface area contributed by atoms with E-state index in [9.17, 15) is 0 Å². The summed E-state index contributed by atoms with van der Waals surface area (Å²) in [6, 6.07) is 10.5. The van der Waals surface area contributed by atoms with Crippen LogP contribution < -0.4 is 5.32 Å². The fourth-order valence-electron chi connectivity index (χ4n) is 2.27. The van der Waals surface area contributed by atoms with Crippen molar-refractivity contribution in [1.29, 1.82) is 5.26 Å². The third kappa shape index (κ3) is 2.32. The maximum Gasteiger partial charge on any atom is 0.0991 e. The summed E-state index contributed by atoms with van der Waals surface area (Å²) in [5, 5.41) is 12.2. The highest BCUT2D eigenvalue weighted by Crippen LogP contribution is 2.29. The Hall–Kier alpha value is -1.59. The van der Waals surface area contributed by atoms with E-state index < -0.39 is 0 Å². The normalized spacial score (nSPS) is 23.9. The molecule has 2 nitrogen and oxygen atoms in total. The lowest BCUT2D eigenvalue weighted by Gasteiger charge is -2.10. The third-order valence-corrected chi connectivity index (χ3v) is 3.16. The molecule has 1 aromatic rings. The molecular weight excluding hydrogens is 196 g/mol. The number of rotatable bonds is 3. The van der Waals surface area contributed by atoms with Crippen LogP contribution in [-0.4, -0.2) is 6.54 Å².